The molecule has 1 rings (SSSR count). The average Bonchev–Trinajstić information content (AvgIpc) is 2.36. The fourth-order valence-corrected chi connectivity index (χ4v) is 2.19. The number of carbonyl (C=O) groups excluding carboxylic acids is 1. The monoisotopic (exact) mass is 294 g/mol. The average molecular weight is 294 g/mol. The van der Waals surface area contributed by atoms with E-state index in [1.54, 1.807) is 0 Å². The van der Waals surface area contributed by atoms with E-state index < -0.39 is 6.04 Å². The summed E-state index contributed by atoms with van der Waals surface area (Å²) in [5.41, 5.74) is 8.31. The van der Waals surface area contributed by atoms with Crippen molar-refractivity contribution in [3.63, 3.8) is 0 Å². The fourth-order valence-electron chi connectivity index (χ4n) is 2.01. The van der Waals surface area contributed by atoms with Crippen LogP contribution in [0, 0.1) is 12.8 Å². The summed E-state index contributed by atoms with van der Waals surface area (Å²) in [5, 5.41) is 3.21. The standard InChI is InChI=1S/C15H22N2O2S/c1-9(2)7-13(15(18)19-4)17-12-8-10(3)5-6-11(12)14(16)20/h5-6,8-9,13,17H,7H2,1-4H3,(H2,16,20). The van der Waals surface area contributed by atoms with Crippen LogP contribution in [-0.2, 0) is 9.53 Å². The van der Waals surface area contributed by atoms with Crippen molar-refractivity contribution in [2.75, 3.05) is 12.4 Å². The summed E-state index contributed by atoms with van der Waals surface area (Å²) < 4.78 is 4.85. The van der Waals surface area contributed by atoms with Gasteiger partial charge in [0.15, 0.2) is 0 Å². The number of rotatable bonds is 6. The zero-order valence-electron chi connectivity index (χ0n) is 12.4. The molecule has 110 valence electrons. The van der Waals surface area contributed by atoms with Crippen molar-refractivity contribution < 1.29 is 9.53 Å². The normalized spacial score (nSPS) is 12.1. The second kappa shape index (κ2) is 7.24. The van der Waals surface area contributed by atoms with Gasteiger partial charge in [-0.2, -0.15) is 0 Å². The highest BCUT2D eigenvalue weighted by Gasteiger charge is 2.21. The molecule has 0 heterocycles. The molecule has 0 radical (unpaired) electrons. The van der Waals surface area contributed by atoms with Crippen molar-refractivity contribution in [3.8, 4) is 0 Å². The van der Waals surface area contributed by atoms with E-state index in [9.17, 15) is 4.79 Å². The first-order chi connectivity index (χ1) is 9.35. The summed E-state index contributed by atoms with van der Waals surface area (Å²) in [6.07, 6.45) is 0.678. The second-order valence-electron chi connectivity index (χ2n) is 5.26. The van der Waals surface area contributed by atoms with Crippen LogP contribution in [0.1, 0.15) is 31.4 Å². The number of nitrogens with two attached hydrogens (primary N) is 1. The van der Waals surface area contributed by atoms with Gasteiger partial charge in [-0.3, -0.25) is 0 Å². The molecule has 0 saturated carbocycles. The Bertz CT molecular complexity index is 501. The van der Waals surface area contributed by atoms with Crippen LogP contribution >= 0.6 is 12.2 Å². The first kappa shape index (κ1) is 16.4. The van der Waals surface area contributed by atoms with Crippen LogP contribution in [0.2, 0.25) is 0 Å². The molecule has 1 aromatic rings. The Labute approximate surface area is 125 Å². The predicted octanol–water partition coefficient (Wildman–Crippen LogP) is 2.63. The zero-order chi connectivity index (χ0) is 15.3. The summed E-state index contributed by atoms with van der Waals surface area (Å²) in [6.45, 7) is 6.09. The summed E-state index contributed by atoms with van der Waals surface area (Å²) in [6, 6.07) is 5.33. The number of methoxy groups -OCH3 is 1. The minimum absolute atomic E-state index is 0.283. The smallest absolute Gasteiger partial charge is 0.328 e. The first-order valence-corrected chi connectivity index (χ1v) is 7.00. The lowest BCUT2D eigenvalue weighted by Gasteiger charge is -2.21. The molecule has 3 N–H and O–H groups in total. The Hall–Kier alpha value is -1.62. The molecular weight excluding hydrogens is 272 g/mol. The highest BCUT2D eigenvalue weighted by molar-refractivity contribution is 7.80. The minimum Gasteiger partial charge on any atom is -0.467 e. The first-order valence-electron chi connectivity index (χ1n) is 6.60. The van der Waals surface area contributed by atoms with E-state index in [1.807, 2.05) is 25.1 Å². The molecular formula is C15H22N2O2S. The third-order valence-corrected chi connectivity index (χ3v) is 3.18. The van der Waals surface area contributed by atoms with Crippen LogP contribution in [0.4, 0.5) is 5.69 Å². The molecule has 20 heavy (non-hydrogen) atoms. The van der Waals surface area contributed by atoms with E-state index in [-0.39, 0.29) is 5.97 Å². The quantitative estimate of drug-likeness (QED) is 0.624. The topological polar surface area (TPSA) is 64.3 Å². The van der Waals surface area contributed by atoms with Crippen LogP contribution in [0.5, 0.6) is 0 Å². The molecule has 0 bridgehead atoms. The van der Waals surface area contributed by atoms with Gasteiger partial charge in [0, 0.05) is 11.3 Å². The molecule has 0 fully saturated rings. The van der Waals surface area contributed by atoms with Crippen molar-refractivity contribution in [1.29, 1.82) is 0 Å². The molecule has 0 aliphatic rings. The predicted molar refractivity (Wildman–Crippen MR) is 85.9 cm³/mol. The number of aryl methyl sites for hydroxylation is 1. The van der Waals surface area contributed by atoms with E-state index in [2.05, 4.69) is 19.2 Å². The number of hydrogen-bond acceptors (Lipinski definition) is 4. The lowest BCUT2D eigenvalue weighted by molar-refractivity contribution is -0.141. The van der Waals surface area contributed by atoms with Gasteiger partial charge in [-0.05, 0) is 37.0 Å². The molecule has 1 aromatic carbocycles. The number of ether oxygens (including phenoxy) is 1. The highest BCUT2D eigenvalue weighted by atomic mass is 32.1. The zero-order valence-corrected chi connectivity index (χ0v) is 13.2. The molecule has 0 saturated heterocycles. The molecule has 5 heteroatoms. The molecule has 1 unspecified atom stereocenters. The number of hydrogen-bond donors (Lipinski definition) is 2. The molecule has 0 aromatic heterocycles. The third-order valence-electron chi connectivity index (χ3n) is 2.96. The minimum atomic E-state index is -0.408. The number of benzene rings is 1. The van der Waals surface area contributed by atoms with Crippen LogP contribution in [0.3, 0.4) is 0 Å². The Kier molecular flexibility index (Phi) is 5.95. The molecule has 4 nitrogen and oxygen atoms in total. The van der Waals surface area contributed by atoms with Gasteiger partial charge in [0.05, 0.1) is 7.11 Å². The molecule has 0 aliphatic heterocycles. The van der Waals surface area contributed by atoms with E-state index >= 15 is 0 Å². The molecule has 0 spiro atoms. The van der Waals surface area contributed by atoms with Crippen LogP contribution in [0.15, 0.2) is 18.2 Å². The third kappa shape index (κ3) is 4.49. The Morgan fingerprint density at radius 3 is 2.60 bits per heavy atom. The van der Waals surface area contributed by atoms with Gasteiger partial charge >= 0.3 is 5.97 Å². The second-order valence-corrected chi connectivity index (χ2v) is 5.70. The Balaban J connectivity index is 3.06. The number of anilines is 1. The van der Waals surface area contributed by atoms with E-state index in [0.29, 0.717) is 17.3 Å². The SMILES string of the molecule is COC(=O)C(CC(C)C)Nc1cc(C)ccc1C(N)=S. The summed E-state index contributed by atoms with van der Waals surface area (Å²) >= 11 is 5.05. The van der Waals surface area contributed by atoms with Crippen molar-refractivity contribution in [2.24, 2.45) is 11.7 Å². The van der Waals surface area contributed by atoms with Crippen molar-refractivity contribution >= 4 is 28.9 Å². The lowest BCUT2D eigenvalue weighted by Crippen LogP contribution is -2.33. The van der Waals surface area contributed by atoms with Gasteiger partial charge in [-0.15, -0.1) is 0 Å². The van der Waals surface area contributed by atoms with Gasteiger partial charge in [0.2, 0.25) is 0 Å². The van der Waals surface area contributed by atoms with Crippen molar-refractivity contribution in [2.45, 2.75) is 33.2 Å². The fraction of sp³-hybridized carbons (Fsp3) is 0.467. The highest BCUT2D eigenvalue weighted by Crippen LogP contribution is 2.21. The van der Waals surface area contributed by atoms with Crippen LogP contribution < -0.4 is 11.1 Å². The van der Waals surface area contributed by atoms with Crippen molar-refractivity contribution in [3.05, 3.63) is 29.3 Å². The molecule has 1 atom stereocenters. The summed E-state index contributed by atoms with van der Waals surface area (Å²) in [7, 11) is 1.39. The van der Waals surface area contributed by atoms with Crippen molar-refractivity contribution in [1.82, 2.24) is 0 Å². The Morgan fingerprint density at radius 2 is 2.10 bits per heavy atom. The molecule has 0 aliphatic carbocycles. The van der Waals surface area contributed by atoms with Crippen LogP contribution in [-0.4, -0.2) is 24.1 Å². The maximum atomic E-state index is 11.9. The largest absolute Gasteiger partial charge is 0.467 e. The maximum Gasteiger partial charge on any atom is 0.328 e. The number of nitrogens with one attached hydrogen (secondary N) is 1. The number of thiocarbonyl (C=S) groups is 1. The number of carbonyl (C=O) groups is 1. The maximum absolute atomic E-state index is 11.9. The van der Waals surface area contributed by atoms with Gasteiger partial charge < -0.3 is 15.8 Å². The van der Waals surface area contributed by atoms with Gasteiger partial charge in [0.1, 0.15) is 11.0 Å². The lowest BCUT2D eigenvalue weighted by atomic mass is 10.0. The summed E-state index contributed by atoms with van der Waals surface area (Å²) in [4.78, 5) is 12.2. The van der Waals surface area contributed by atoms with E-state index in [0.717, 1.165) is 16.8 Å². The Morgan fingerprint density at radius 1 is 1.45 bits per heavy atom. The summed E-state index contributed by atoms with van der Waals surface area (Å²) in [5.74, 6) is 0.0822. The number of esters is 1. The van der Waals surface area contributed by atoms with E-state index in [1.165, 1.54) is 7.11 Å². The van der Waals surface area contributed by atoms with Gasteiger partial charge in [0.25, 0.3) is 0 Å². The van der Waals surface area contributed by atoms with E-state index in [4.69, 9.17) is 22.7 Å². The van der Waals surface area contributed by atoms with Gasteiger partial charge in [-0.1, -0.05) is 32.1 Å². The molecule has 0 amide bonds. The van der Waals surface area contributed by atoms with Crippen LogP contribution in [0.25, 0.3) is 0 Å². The van der Waals surface area contributed by atoms with Gasteiger partial charge in [-0.25, -0.2) is 4.79 Å².